The third-order valence-electron chi connectivity index (χ3n) is 4.73. The summed E-state index contributed by atoms with van der Waals surface area (Å²) in [6.45, 7) is 6.48. The van der Waals surface area contributed by atoms with Crippen LogP contribution in [0, 0.1) is 6.92 Å². The molecule has 5 nitrogen and oxygen atoms in total. The normalized spacial score (nSPS) is 15.9. The molecule has 3 rings (SSSR count). The molecule has 1 saturated heterocycles. The van der Waals surface area contributed by atoms with Gasteiger partial charge in [-0.3, -0.25) is 9.36 Å². The van der Waals surface area contributed by atoms with Crippen LogP contribution < -0.4 is 10.9 Å². The fourth-order valence-electron chi connectivity index (χ4n) is 3.21. The van der Waals surface area contributed by atoms with Gasteiger partial charge in [0.1, 0.15) is 5.82 Å². The molecule has 1 N–H and O–H groups in total. The predicted molar refractivity (Wildman–Crippen MR) is 95.1 cm³/mol. The summed E-state index contributed by atoms with van der Waals surface area (Å²) < 4.78 is 1.59. The van der Waals surface area contributed by atoms with Crippen LogP contribution >= 0.6 is 0 Å². The van der Waals surface area contributed by atoms with Crippen LogP contribution in [0.4, 0.5) is 5.69 Å². The summed E-state index contributed by atoms with van der Waals surface area (Å²) in [4.78, 5) is 19.3. The lowest BCUT2D eigenvalue weighted by Gasteiger charge is -2.26. The molecule has 0 spiro atoms. The standard InChI is InChI=1S/C18H26N4O/c1-14-20-17-13-15(7-8-16(17)18(23)21(14)2)19-9-6-12-22-10-4-3-5-11-22/h7-8,13,19H,3-6,9-12H2,1-2H3. The molecule has 0 aliphatic carbocycles. The number of nitrogens with one attached hydrogen (secondary N) is 1. The van der Waals surface area contributed by atoms with Crippen molar-refractivity contribution < 1.29 is 0 Å². The third kappa shape index (κ3) is 3.72. The summed E-state index contributed by atoms with van der Waals surface area (Å²) in [6.07, 6.45) is 5.22. The number of aromatic nitrogens is 2. The first-order valence-corrected chi connectivity index (χ1v) is 8.59. The van der Waals surface area contributed by atoms with Crippen molar-refractivity contribution in [1.82, 2.24) is 14.5 Å². The van der Waals surface area contributed by atoms with Crippen molar-refractivity contribution >= 4 is 16.6 Å². The molecule has 2 heterocycles. The maximum absolute atomic E-state index is 12.2. The van der Waals surface area contributed by atoms with E-state index in [0.717, 1.165) is 30.0 Å². The first-order chi connectivity index (χ1) is 11.1. The lowest BCUT2D eigenvalue weighted by atomic mass is 10.1. The quantitative estimate of drug-likeness (QED) is 0.862. The molecule has 0 unspecified atom stereocenters. The van der Waals surface area contributed by atoms with Crippen LogP contribution in [0.5, 0.6) is 0 Å². The fraction of sp³-hybridized carbons (Fsp3) is 0.556. The molecule has 1 aliphatic heterocycles. The number of likely N-dealkylation sites (tertiary alicyclic amines) is 1. The highest BCUT2D eigenvalue weighted by atomic mass is 16.1. The maximum Gasteiger partial charge on any atom is 0.261 e. The molecular weight excluding hydrogens is 288 g/mol. The van der Waals surface area contributed by atoms with E-state index in [-0.39, 0.29) is 5.56 Å². The lowest BCUT2D eigenvalue weighted by molar-refractivity contribution is 0.228. The van der Waals surface area contributed by atoms with Crippen molar-refractivity contribution in [3.8, 4) is 0 Å². The summed E-state index contributed by atoms with van der Waals surface area (Å²) >= 11 is 0. The van der Waals surface area contributed by atoms with Crippen molar-refractivity contribution in [2.75, 3.05) is 31.5 Å². The highest BCUT2D eigenvalue weighted by Crippen LogP contribution is 2.15. The number of hydrogen-bond donors (Lipinski definition) is 1. The lowest BCUT2D eigenvalue weighted by Crippen LogP contribution is -2.31. The molecule has 1 fully saturated rings. The minimum absolute atomic E-state index is 0.0177. The van der Waals surface area contributed by atoms with E-state index in [9.17, 15) is 4.79 Å². The molecular formula is C18H26N4O. The molecule has 0 saturated carbocycles. The molecule has 2 aromatic rings. The molecule has 23 heavy (non-hydrogen) atoms. The zero-order chi connectivity index (χ0) is 16.2. The Morgan fingerprint density at radius 1 is 1.22 bits per heavy atom. The fourth-order valence-corrected chi connectivity index (χ4v) is 3.21. The predicted octanol–water partition coefficient (Wildman–Crippen LogP) is 2.53. The van der Waals surface area contributed by atoms with Gasteiger partial charge in [-0.15, -0.1) is 0 Å². The Morgan fingerprint density at radius 2 is 2.00 bits per heavy atom. The number of nitrogens with zero attached hydrogens (tertiary/aromatic N) is 3. The van der Waals surface area contributed by atoms with E-state index in [1.54, 1.807) is 11.6 Å². The topological polar surface area (TPSA) is 50.2 Å². The van der Waals surface area contributed by atoms with Gasteiger partial charge < -0.3 is 10.2 Å². The summed E-state index contributed by atoms with van der Waals surface area (Å²) in [7, 11) is 1.76. The second kappa shape index (κ2) is 7.13. The van der Waals surface area contributed by atoms with Crippen LogP contribution in [0.3, 0.4) is 0 Å². The highest BCUT2D eigenvalue weighted by Gasteiger charge is 2.09. The number of aryl methyl sites for hydroxylation is 1. The van der Waals surface area contributed by atoms with Crippen LogP contribution in [0.1, 0.15) is 31.5 Å². The van der Waals surface area contributed by atoms with E-state index < -0.39 is 0 Å². The van der Waals surface area contributed by atoms with Gasteiger partial charge in [-0.25, -0.2) is 4.98 Å². The average molecular weight is 314 g/mol. The molecule has 0 amide bonds. The first-order valence-electron chi connectivity index (χ1n) is 8.59. The summed E-state index contributed by atoms with van der Waals surface area (Å²) in [5.74, 6) is 0.741. The molecule has 1 aromatic carbocycles. The summed E-state index contributed by atoms with van der Waals surface area (Å²) in [6, 6.07) is 5.82. The van der Waals surface area contributed by atoms with Gasteiger partial charge in [0.05, 0.1) is 10.9 Å². The van der Waals surface area contributed by atoms with Crippen molar-refractivity contribution in [2.45, 2.75) is 32.6 Å². The Hall–Kier alpha value is -1.88. The Labute approximate surface area is 137 Å². The van der Waals surface area contributed by atoms with Crippen LogP contribution in [0.2, 0.25) is 0 Å². The molecule has 1 aliphatic rings. The number of piperidine rings is 1. The zero-order valence-corrected chi connectivity index (χ0v) is 14.1. The van der Waals surface area contributed by atoms with Gasteiger partial charge in [-0.2, -0.15) is 0 Å². The van der Waals surface area contributed by atoms with E-state index in [2.05, 4.69) is 15.2 Å². The number of anilines is 1. The van der Waals surface area contributed by atoms with Gasteiger partial charge in [0.25, 0.3) is 5.56 Å². The average Bonchev–Trinajstić information content (AvgIpc) is 2.57. The highest BCUT2D eigenvalue weighted by molar-refractivity contribution is 5.81. The minimum atomic E-state index is 0.0177. The minimum Gasteiger partial charge on any atom is -0.385 e. The second-order valence-electron chi connectivity index (χ2n) is 6.44. The Kier molecular flexibility index (Phi) is 4.96. The Balaban J connectivity index is 1.60. The Bertz CT molecular complexity index is 732. The third-order valence-corrected chi connectivity index (χ3v) is 4.73. The largest absolute Gasteiger partial charge is 0.385 e. The smallest absolute Gasteiger partial charge is 0.261 e. The first kappa shape index (κ1) is 16.0. The van der Waals surface area contributed by atoms with E-state index >= 15 is 0 Å². The van der Waals surface area contributed by atoms with E-state index in [0.29, 0.717) is 5.39 Å². The van der Waals surface area contributed by atoms with Crippen molar-refractivity contribution in [3.63, 3.8) is 0 Å². The molecule has 0 bridgehead atoms. The number of rotatable bonds is 5. The summed E-state index contributed by atoms with van der Waals surface area (Å²) in [5, 5.41) is 4.13. The van der Waals surface area contributed by atoms with E-state index in [4.69, 9.17) is 0 Å². The molecule has 124 valence electrons. The van der Waals surface area contributed by atoms with Gasteiger partial charge in [0.15, 0.2) is 0 Å². The monoisotopic (exact) mass is 314 g/mol. The second-order valence-corrected chi connectivity index (χ2v) is 6.44. The number of fused-ring (bicyclic) bond motifs is 1. The van der Waals surface area contributed by atoms with E-state index in [1.165, 1.54) is 38.9 Å². The van der Waals surface area contributed by atoms with Crippen molar-refractivity contribution in [2.24, 2.45) is 7.05 Å². The maximum atomic E-state index is 12.2. The number of hydrogen-bond acceptors (Lipinski definition) is 4. The van der Waals surface area contributed by atoms with Gasteiger partial charge in [-0.05, 0) is 64.0 Å². The van der Waals surface area contributed by atoms with Gasteiger partial charge in [0, 0.05) is 19.3 Å². The van der Waals surface area contributed by atoms with Crippen molar-refractivity contribution in [3.05, 3.63) is 34.4 Å². The van der Waals surface area contributed by atoms with Gasteiger partial charge >= 0.3 is 0 Å². The van der Waals surface area contributed by atoms with Crippen LogP contribution in [-0.4, -0.2) is 40.6 Å². The number of benzene rings is 1. The van der Waals surface area contributed by atoms with Crippen LogP contribution in [0.15, 0.2) is 23.0 Å². The van der Waals surface area contributed by atoms with Crippen LogP contribution in [0.25, 0.3) is 10.9 Å². The molecule has 1 aromatic heterocycles. The van der Waals surface area contributed by atoms with Crippen molar-refractivity contribution in [1.29, 1.82) is 0 Å². The van der Waals surface area contributed by atoms with Gasteiger partial charge in [-0.1, -0.05) is 6.42 Å². The SMILES string of the molecule is Cc1nc2cc(NCCCN3CCCCC3)ccc2c(=O)n1C. The molecule has 0 atom stereocenters. The molecule has 0 radical (unpaired) electrons. The van der Waals surface area contributed by atoms with Gasteiger partial charge in [0.2, 0.25) is 0 Å². The van der Waals surface area contributed by atoms with E-state index in [1.807, 2.05) is 25.1 Å². The zero-order valence-electron chi connectivity index (χ0n) is 14.1. The Morgan fingerprint density at radius 3 is 2.78 bits per heavy atom. The molecule has 5 heteroatoms. The van der Waals surface area contributed by atoms with Crippen LogP contribution in [-0.2, 0) is 7.05 Å². The summed E-state index contributed by atoms with van der Waals surface area (Å²) in [5.41, 5.74) is 1.83.